The standard InChI is InChI=1S/C44H55N7O8/c1-25(2)50-39(54)32-19-17-30(22-36(32)51(50)42(57)59-44(6,7)8)28-13-9-26(10-14-28)21-35(38(53)46-31-18-20-33-34(23-31)49-40(55)48-33)47-37(52)29-15-11-27(12-16-29)24-45-41(56)58-43(3,4)5/h9-10,13-14,17-20,22-23,25,27,29,35H,11-12,15-16,21,24H2,1-8H3,(H,45,56)(H,46,53)(H,47,52)(H2,48,49,55)/t27?,29?,35-/m0/s1. The first-order valence-corrected chi connectivity index (χ1v) is 20.1. The van der Waals surface area contributed by atoms with E-state index >= 15 is 0 Å². The van der Waals surface area contributed by atoms with Gasteiger partial charge in [0.05, 0.1) is 21.9 Å². The molecule has 1 fully saturated rings. The average molecular weight is 810 g/mol. The first-order chi connectivity index (χ1) is 27.7. The van der Waals surface area contributed by atoms with Crippen LogP contribution >= 0.6 is 0 Å². The maximum Gasteiger partial charge on any atom is 0.434 e. The summed E-state index contributed by atoms with van der Waals surface area (Å²) in [5.74, 6) is -0.733. The Balaban J connectivity index is 1.20. The van der Waals surface area contributed by atoms with E-state index in [0.29, 0.717) is 47.0 Å². The zero-order valence-electron chi connectivity index (χ0n) is 35.0. The molecule has 0 bridgehead atoms. The number of ether oxygens (including phenoxy) is 2. The fourth-order valence-corrected chi connectivity index (χ4v) is 7.43. The number of carbonyl (C=O) groups excluding carboxylic acids is 4. The van der Waals surface area contributed by atoms with Crippen molar-refractivity contribution in [3.05, 3.63) is 87.1 Å². The van der Waals surface area contributed by atoms with Gasteiger partial charge in [0, 0.05) is 30.6 Å². The summed E-state index contributed by atoms with van der Waals surface area (Å²) in [7, 11) is 0. The number of hydrogen-bond donors (Lipinski definition) is 5. The van der Waals surface area contributed by atoms with E-state index in [0.717, 1.165) is 29.5 Å². The monoisotopic (exact) mass is 809 g/mol. The van der Waals surface area contributed by atoms with Gasteiger partial charge in [-0.2, -0.15) is 4.68 Å². The number of aromatic nitrogens is 4. The summed E-state index contributed by atoms with van der Waals surface area (Å²) in [6, 6.07) is 16.7. The Morgan fingerprint density at radius 2 is 1.44 bits per heavy atom. The highest BCUT2D eigenvalue weighted by atomic mass is 16.6. The molecule has 1 atom stereocenters. The number of nitrogens with one attached hydrogen (secondary N) is 5. The predicted molar refractivity (Wildman–Crippen MR) is 227 cm³/mol. The number of imidazole rings is 1. The van der Waals surface area contributed by atoms with Crippen LogP contribution in [0.2, 0.25) is 0 Å². The van der Waals surface area contributed by atoms with Crippen LogP contribution in [0.5, 0.6) is 0 Å². The van der Waals surface area contributed by atoms with Gasteiger partial charge in [0.25, 0.3) is 5.56 Å². The Hall–Kier alpha value is -6.12. The molecule has 1 saturated carbocycles. The molecule has 3 aromatic carbocycles. The average Bonchev–Trinajstić information content (AvgIpc) is 3.68. The molecule has 0 saturated heterocycles. The quantitative estimate of drug-likeness (QED) is 0.0993. The van der Waals surface area contributed by atoms with Gasteiger partial charge in [-0.25, -0.2) is 19.1 Å². The van der Waals surface area contributed by atoms with E-state index in [1.54, 1.807) is 51.1 Å². The van der Waals surface area contributed by atoms with E-state index < -0.39 is 35.3 Å². The van der Waals surface area contributed by atoms with Crippen LogP contribution in [-0.2, 0) is 25.5 Å². The molecule has 3 amide bonds. The van der Waals surface area contributed by atoms with Crippen molar-refractivity contribution < 1.29 is 28.7 Å². The third-order valence-electron chi connectivity index (χ3n) is 10.2. The van der Waals surface area contributed by atoms with E-state index in [9.17, 15) is 28.8 Å². The van der Waals surface area contributed by atoms with Crippen molar-refractivity contribution in [2.24, 2.45) is 11.8 Å². The number of aromatic amines is 2. The number of hydrogen-bond acceptors (Lipinski definition) is 8. The Kier molecular flexibility index (Phi) is 12.2. The van der Waals surface area contributed by atoms with Crippen LogP contribution in [0, 0.1) is 11.8 Å². The third kappa shape index (κ3) is 10.5. The number of nitrogens with zero attached hydrogens (tertiary/aromatic N) is 2. The van der Waals surface area contributed by atoms with Crippen molar-refractivity contribution in [1.82, 2.24) is 30.0 Å². The van der Waals surface area contributed by atoms with Gasteiger partial charge in [0.15, 0.2) is 0 Å². The molecule has 15 heteroatoms. The Morgan fingerprint density at radius 1 is 0.797 bits per heavy atom. The van der Waals surface area contributed by atoms with E-state index in [2.05, 4.69) is 25.9 Å². The number of alkyl carbamates (subject to hydrolysis) is 1. The first-order valence-electron chi connectivity index (χ1n) is 20.1. The fraction of sp³-hybridized carbons (Fsp3) is 0.455. The highest BCUT2D eigenvalue weighted by Gasteiger charge is 2.31. The van der Waals surface area contributed by atoms with Crippen LogP contribution in [0.15, 0.2) is 70.3 Å². The van der Waals surface area contributed by atoms with Crippen molar-refractivity contribution >= 4 is 51.6 Å². The van der Waals surface area contributed by atoms with Crippen LogP contribution in [0.3, 0.4) is 0 Å². The number of anilines is 1. The number of benzene rings is 3. The fourth-order valence-electron chi connectivity index (χ4n) is 7.43. The number of carbonyl (C=O) groups is 4. The molecule has 5 N–H and O–H groups in total. The molecule has 1 aliphatic carbocycles. The molecule has 15 nitrogen and oxygen atoms in total. The lowest BCUT2D eigenvalue weighted by Crippen LogP contribution is -2.48. The molecule has 0 unspecified atom stereocenters. The normalized spacial score (nSPS) is 16.5. The molecular formula is C44H55N7O8. The van der Waals surface area contributed by atoms with Crippen LogP contribution in [0.1, 0.15) is 92.7 Å². The summed E-state index contributed by atoms with van der Waals surface area (Å²) >= 11 is 0. The van der Waals surface area contributed by atoms with Crippen LogP contribution < -0.4 is 27.2 Å². The maximum atomic E-state index is 13.9. The third-order valence-corrected chi connectivity index (χ3v) is 10.2. The van der Waals surface area contributed by atoms with E-state index in [1.165, 1.54) is 9.36 Å². The smallest absolute Gasteiger partial charge is 0.434 e. The van der Waals surface area contributed by atoms with E-state index in [4.69, 9.17) is 9.47 Å². The minimum absolute atomic E-state index is 0.185. The minimum atomic E-state index is -0.934. The van der Waals surface area contributed by atoms with Crippen molar-refractivity contribution in [2.45, 2.75) is 111 Å². The van der Waals surface area contributed by atoms with Crippen molar-refractivity contribution in [3.8, 4) is 11.1 Å². The molecular weight excluding hydrogens is 755 g/mol. The lowest BCUT2D eigenvalue weighted by Gasteiger charge is -2.29. The number of amides is 3. The molecule has 0 radical (unpaired) electrons. The lowest BCUT2D eigenvalue weighted by molar-refractivity contribution is -0.130. The number of fused-ring (bicyclic) bond motifs is 2. The molecule has 0 spiro atoms. The molecule has 59 heavy (non-hydrogen) atoms. The molecule has 0 aliphatic heterocycles. The highest BCUT2D eigenvalue weighted by Crippen LogP contribution is 2.30. The number of H-pyrrole nitrogens is 2. The van der Waals surface area contributed by atoms with Gasteiger partial charge in [-0.15, -0.1) is 0 Å². The van der Waals surface area contributed by atoms with Gasteiger partial charge < -0.3 is 35.4 Å². The molecule has 314 valence electrons. The molecule has 1 aliphatic rings. The number of rotatable bonds is 10. The first kappa shape index (κ1) is 42.5. The topological polar surface area (TPSA) is 198 Å². The van der Waals surface area contributed by atoms with Gasteiger partial charge in [-0.05, 0) is 134 Å². The van der Waals surface area contributed by atoms with Crippen LogP contribution in [0.4, 0.5) is 15.3 Å². The summed E-state index contributed by atoms with van der Waals surface area (Å²) in [5.41, 5.74) is 2.35. The highest BCUT2D eigenvalue weighted by molar-refractivity contribution is 5.99. The second-order valence-electron chi connectivity index (χ2n) is 17.7. The molecule has 6 rings (SSSR count). The van der Waals surface area contributed by atoms with E-state index in [-0.39, 0.29) is 41.5 Å². The Labute approximate surface area is 342 Å². The zero-order chi connectivity index (χ0) is 42.8. The minimum Gasteiger partial charge on any atom is -0.444 e. The SMILES string of the molecule is CC(C)n1c(=O)c2ccc(-c3ccc(C[C@H](NC(=O)C4CCC(CNC(=O)OC(C)(C)C)CC4)C(=O)Nc4ccc5[nH]c(=O)[nH]c5c4)cc3)cc2n1C(=O)OC(C)(C)C. The predicted octanol–water partition coefficient (Wildman–Crippen LogP) is 7.00. The lowest BCUT2D eigenvalue weighted by atomic mass is 9.81. The maximum absolute atomic E-state index is 13.9. The second kappa shape index (κ2) is 17.0. The van der Waals surface area contributed by atoms with Gasteiger partial charge in [-0.1, -0.05) is 30.3 Å². The Bertz CT molecular complexity index is 2470. The van der Waals surface area contributed by atoms with Gasteiger partial charge in [0.1, 0.15) is 17.2 Å². The molecule has 2 aromatic heterocycles. The van der Waals surface area contributed by atoms with Crippen molar-refractivity contribution in [2.75, 3.05) is 11.9 Å². The van der Waals surface area contributed by atoms with Crippen molar-refractivity contribution in [3.63, 3.8) is 0 Å². The summed E-state index contributed by atoms with van der Waals surface area (Å²) in [4.78, 5) is 83.9. The molecule has 2 heterocycles. The second-order valence-corrected chi connectivity index (χ2v) is 17.7. The van der Waals surface area contributed by atoms with Gasteiger partial charge in [0.2, 0.25) is 11.8 Å². The van der Waals surface area contributed by atoms with E-state index in [1.807, 2.05) is 65.0 Å². The Morgan fingerprint density at radius 3 is 2.08 bits per heavy atom. The van der Waals surface area contributed by atoms with Gasteiger partial charge in [-0.3, -0.25) is 14.4 Å². The summed E-state index contributed by atoms with van der Waals surface area (Å²) in [6.45, 7) is 14.9. The van der Waals surface area contributed by atoms with Crippen LogP contribution in [-0.4, -0.2) is 67.1 Å². The molecule has 5 aromatic rings. The van der Waals surface area contributed by atoms with Crippen molar-refractivity contribution in [1.29, 1.82) is 0 Å². The summed E-state index contributed by atoms with van der Waals surface area (Å²) in [5, 5.41) is 9.16. The largest absolute Gasteiger partial charge is 0.444 e. The summed E-state index contributed by atoms with van der Waals surface area (Å²) < 4.78 is 13.7. The summed E-state index contributed by atoms with van der Waals surface area (Å²) in [6.07, 6.45) is 1.77. The zero-order valence-corrected chi connectivity index (χ0v) is 35.0. The van der Waals surface area contributed by atoms with Crippen LogP contribution in [0.25, 0.3) is 33.1 Å². The van der Waals surface area contributed by atoms with Gasteiger partial charge >= 0.3 is 17.9 Å².